The first-order valence-corrected chi connectivity index (χ1v) is 7.13. The van der Waals surface area contributed by atoms with Crippen molar-refractivity contribution >= 4 is 21.8 Å². The fourth-order valence-corrected chi connectivity index (χ4v) is 2.37. The van der Waals surface area contributed by atoms with E-state index in [-0.39, 0.29) is 22.6 Å². The van der Waals surface area contributed by atoms with Crippen LogP contribution >= 0.6 is 15.9 Å². The number of halogens is 4. The number of nitrogens with one attached hydrogen (secondary N) is 2. The van der Waals surface area contributed by atoms with Gasteiger partial charge in [-0.1, -0.05) is 15.9 Å². The molecule has 1 aromatic rings. The summed E-state index contributed by atoms with van der Waals surface area (Å²) in [7, 11) is 0. The van der Waals surface area contributed by atoms with Crippen LogP contribution in [0.25, 0.3) is 0 Å². The van der Waals surface area contributed by atoms with Gasteiger partial charge in [0.1, 0.15) is 0 Å². The molecule has 1 aliphatic heterocycles. The highest BCUT2D eigenvalue weighted by Gasteiger charge is 2.35. The third-order valence-electron chi connectivity index (χ3n) is 3.04. The van der Waals surface area contributed by atoms with Crippen LogP contribution in [0.5, 0.6) is 0 Å². The second kappa shape index (κ2) is 6.76. The van der Waals surface area contributed by atoms with Crippen molar-refractivity contribution in [3.63, 3.8) is 0 Å². The Labute approximate surface area is 128 Å². The van der Waals surface area contributed by atoms with Gasteiger partial charge < -0.3 is 15.4 Å². The molecule has 1 aromatic carbocycles. The molecule has 0 radical (unpaired) electrons. The van der Waals surface area contributed by atoms with Crippen LogP contribution in [0.3, 0.4) is 0 Å². The first-order valence-electron chi connectivity index (χ1n) is 6.34. The molecule has 0 saturated carbocycles. The molecule has 4 nitrogen and oxygen atoms in total. The van der Waals surface area contributed by atoms with Crippen LogP contribution in [0.1, 0.15) is 15.9 Å². The lowest BCUT2D eigenvalue weighted by Gasteiger charge is -2.24. The van der Waals surface area contributed by atoms with Gasteiger partial charge in [0.05, 0.1) is 24.3 Å². The molecule has 0 bridgehead atoms. The summed E-state index contributed by atoms with van der Waals surface area (Å²) >= 11 is 2.98. The average Bonchev–Trinajstić information content (AvgIpc) is 2.45. The smallest absolute Gasteiger partial charge is 0.378 e. The molecule has 1 amide bonds. The molecule has 1 unspecified atom stereocenters. The van der Waals surface area contributed by atoms with Gasteiger partial charge in [0.25, 0.3) is 5.91 Å². The maximum Gasteiger partial charge on any atom is 0.417 e. The highest BCUT2D eigenvalue weighted by atomic mass is 79.9. The standard InChI is InChI=1S/C13H14BrF3N2O2/c14-8-1-2-10(11(5-8)13(15,16)17)12(20)19-6-9-7-21-4-3-18-9/h1-2,5,9,18H,3-4,6-7H2,(H,19,20). The lowest BCUT2D eigenvalue weighted by atomic mass is 10.1. The number of carbonyl (C=O) groups excluding carboxylic acids is 1. The lowest BCUT2D eigenvalue weighted by Crippen LogP contribution is -2.48. The SMILES string of the molecule is O=C(NCC1COCCN1)c1ccc(Br)cc1C(F)(F)F. The number of rotatable bonds is 3. The Morgan fingerprint density at radius 3 is 2.86 bits per heavy atom. The van der Waals surface area contributed by atoms with Gasteiger partial charge in [-0.05, 0) is 18.2 Å². The summed E-state index contributed by atoms with van der Waals surface area (Å²) in [5.74, 6) is -0.748. The minimum Gasteiger partial charge on any atom is -0.378 e. The van der Waals surface area contributed by atoms with Crippen molar-refractivity contribution in [3.05, 3.63) is 33.8 Å². The largest absolute Gasteiger partial charge is 0.417 e. The van der Waals surface area contributed by atoms with E-state index in [2.05, 4.69) is 26.6 Å². The third-order valence-corrected chi connectivity index (χ3v) is 3.53. The maximum absolute atomic E-state index is 13.0. The van der Waals surface area contributed by atoms with Crippen LogP contribution < -0.4 is 10.6 Å². The van der Waals surface area contributed by atoms with Gasteiger partial charge in [-0.2, -0.15) is 13.2 Å². The minimum atomic E-state index is -4.58. The van der Waals surface area contributed by atoms with Gasteiger partial charge in [-0.15, -0.1) is 0 Å². The van der Waals surface area contributed by atoms with Gasteiger partial charge in [0, 0.05) is 23.6 Å². The van der Waals surface area contributed by atoms with Crippen LogP contribution in [0.4, 0.5) is 13.2 Å². The monoisotopic (exact) mass is 366 g/mol. The van der Waals surface area contributed by atoms with E-state index in [0.717, 1.165) is 12.1 Å². The zero-order valence-electron chi connectivity index (χ0n) is 11.0. The van der Waals surface area contributed by atoms with Crippen molar-refractivity contribution in [3.8, 4) is 0 Å². The van der Waals surface area contributed by atoms with Crippen molar-refractivity contribution in [2.45, 2.75) is 12.2 Å². The zero-order chi connectivity index (χ0) is 15.5. The molecule has 0 aromatic heterocycles. The summed E-state index contributed by atoms with van der Waals surface area (Å²) in [5, 5.41) is 5.61. The number of ether oxygens (including phenoxy) is 1. The molecule has 21 heavy (non-hydrogen) atoms. The van der Waals surface area contributed by atoms with Crippen LogP contribution in [0.15, 0.2) is 22.7 Å². The lowest BCUT2D eigenvalue weighted by molar-refractivity contribution is -0.138. The Hall–Kier alpha value is -1.12. The van der Waals surface area contributed by atoms with Crippen LogP contribution in [0.2, 0.25) is 0 Å². The van der Waals surface area contributed by atoms with E-state index in [1.165, 1.54) is 6.07 Å². The molecule has 2 N–H and O–H groups in total. The minimum absolute atomic E-state index is 0.0903. The predicted molar refractivity (Wildman–Crippen MR) is 74.1 cm³/mol. The average molecular weight is 367 g/mol. The summed E-state index contributed by atoms with van der Waals surface area (Å²) in [6.07, 6.45) is -4.58. The van der Waals surface area contributed by atoms with E-state index in [4.69, 9.17) is 4.74 Å². The van der Waals surface area contributed by atoms with Gasteiger partial charge in [0.2, 0.25) is 0 Å². The van der Waals surface area contributed by atoms with Crippen molar-refractivity contribution in [2.75, 3.05) is 26.3 Å². The first-order chi connectivity index (χ1) is 9.88. The number of amides is 1. The van der Waals surface area contributed by atoms with E-state index in [9.17, 15) is 18.0 Å². The quantitative estimate of drug-likeness (QED) is 0.861. The number of alkyl halides is 3. The summed E-state index contributed by atoms with van der Waals surface area (Å²) in [4.78, 5) is 12.0. The van der Waals surface area contributed by atoms with Gasteiger partial charge in [-0.3, -0.25) is 4.79 Å². The predicted octanol–water partition coefficient (Wildman–Crippen LogP) is 2.19. The first kappa shape index (κ1) is 16.3. The number of hydrogen-bond donors (Lipinski definition) is 2. The van der Waals surface area contributed by atoms with Crippen LogP contribution in [0, 0.1) is 0 Å². The third kappa shape index (κ3) is 4.42. The Bertz CT molecular complexity index is 517. The Balaban J connectivity index is 2.08. The van der Waals surface area contributed by atoms with E-state index in [0.29, 0.717) is 19.8 Å². The molecule has 0 spiro atoms. The molecule has 1 atom stereocenters. The highest BCUT2D eigenvalue weighted by Crippen LogP contribution is 2.33. The topological polar surface area (TPSA) is 50.4 Å². The van der Waals surface area contributed by atoms with Crippen LogP contribution in [-0.2, 0) is 10.9 Å². The zero-order valence-corrected chi connectivity index (χ0v) is 12.6. The molecule has 0 aliphatic carbocycles. The Kier molecular flexibility index (Phi) is 5.23. The molecular formula is C13H14BrF3N2O2. The summed E-state index contributed by atoms with van der Waals surface area (Å²) in [5.41, 5.74) is -1.34. The van der Waals surface area contributed by atoms with Gasteiger partial charge in [0.15, 0.2) is 0 Å². The summed E-state index contributed by atoms with van der Waals surface area (Å²) in [6.45, 7) is 1.89. The second-order valence-corrected chi connectivity index (χ2v) is 5.54. The number of carbonyl (C=O) groups is 1. The fourth-order valence-electron chi connectivity index (χ4n) is 2.01. The fraction of sp³-hybridized carbons (Fsp3) is 0.462. The molecule has 1 heterocycles. The van der Waals surface area contributed by atoms with Crippen LogP contribution in [-0.4, -0.2) is 38.3 Å². The molecule has 116 valence electrons. The van der Waals surface area contributed by atoms with E-state index in [1.807, 2.05) is 0 Å². The molecule has 1 fully saturated rings. The summed E-state index contributed by atoms with van der Waals surface area (Å²) in [6, 6.07) is 3.38. The highest BCUT2D eigenvalue weighted by molar-refractivity contribution is 9.10. The molecule has 1 aliphatic rings. The molecule has 1 saturated heterocycles. The van der Waals surface area contributed by atoms with E-state index >= 15 is 0 Å². The molecule has 2 rings (SSSR count). The van der Waals surface area contributed by atoms with Crippen molar-refractivity contribution in [1.29, 1.82) is 0 Å². The number of morpholine rings is 1. The van der Waals surface area contributed by atoms with Gasteiger partial charge >= 0.3 is 6.18 Å². The Morgan fingerprint density at radius 2 is 2.24 bits per heavy atom. The number of hydrogen-bond acceptors (Lipinski definition) is 3. The van der Waals surface area contributed by atoms with Crippen molar-refractivity contribution in [1.82, 2.24) is 10.6 Å². The van der Waals surface area contributed by atoms with Gasteiger partial charge in [-0.25, -0.2) is 0 Å². The summed E-state index contributed by atoms with van der Waals surface area (Å²) < 4.78 is 44.3. The Morgan fingerprint density at radius 1 is 1.48 bits per heavy atom. The second-order valence-electron chi connectivity index (χ2n) is 4.62. The van der Waals surface area contributed by atoms with Crippen molar-refractivity contribution in [2.24, 2.45) is 0 Å². The van der Waals surface area contributed by atoms with E-state index in [1.54, 1.807) is 0 Å². The molecule has 8 heteroatoms. The maximum atomic E-state index is 13.0. The van der Waals surface area contributed by atoms with Crippen molar-refractivity contribution < 1.29 is 22.7 Å². The van der Waals surface area contributed by atoms with E-state index < -0.39 is 17.6 Å². The normalized spacial score (nSPS) is 19.3. The number of benzene rings is 1. The molecular weight excluding hydrogens is 353 g/mol.